The highest BCUT2D eigenvalue weighted by molar-refractivity contribution is 5.94. The molecule has 0 saturated carbocycles. The van der Waals surface area contributed by atoms with Gasteiger partial charge in [-0.1, -0.05) is 6.92 Å². The summed E-state index contributed by atoms with van der Waals surface area (Å²) in [4.78, 5) is 6.99. The lowest BCUT2D eigenvalue weighted by Crippen LogP contribution is -2.34. The maximum absolute atomic E-state index is 5.84. The number of nitrogens with zero attached hydrogens (tertiary/aromatic N) is 2. The van der Waals surface area contributed by atoms with Gasteiger partial charge in [0.1, 0.15) is 5.82 Å². The Morgan fingerprint density at radius 3 is 3.06 bits per heavy atom. The molecule has 1 aliphatic rings. The standard InChI is InChI=1S/C15H19N3/c1-11-3-2-8-18(10-11)15-14-5-4-13(16)9-12(14)6-7-17-15/h4-7,9,11H,2-3,8,10,16H2,1H3. The van der Waals surface area contributed by atoms with E-state index >= 15 is 0 Å². The third-order valence-electron chi connectivity index (χ3n) is 3.72. The minimum atomic E-state index is 0.754. The highest BCUT2D eigenvalue weighted by atomic mass is 15.2. The van der Waals surface area contributed by atoms with E-state index in [9.17, 15) is 0 Å². The molecule has 0 bridgehead atoms. The first kappa shape index (κ1) is 11.3. The first-order chi connectivity index (χ1) is 8.74. The summed E-state index contributed by atoms with van der Waals surface area (Å²) in [5.74, 6) is 1.86. The highest BCUT2D eigenvalue weighted by Crippen LogP contribution is 2.29. The van der Waals surface area contributed by atoms with Gasteiger partial charge < -0.3 is 10.6 Å². The van der Waals surface area contributed by atoms with Gasteiger partial charge in [0.2, 0.25) is 0 Å². The molecule has 0 spiro atoms. The molecule has 3 nitrogen and oxygen atoms in total. The normalized spacial score (nSPS) is 20.3. The number of benzene rings is 1. The molecule has 94 valence electrons. The maximum Gasteiger partial charge on any atom is 0.136 e. The van der Waals surface area contributed by atoms with Gasteiger partial charge in [-0.2, -0.15) is 0 Å². The molecular formula is C15H19N3. The van der Waals surface area contributed by atoms with Gasteiger partial charge >= 0.3 is 0 Å². The fourth-order valence-corrected chi connectivity index (χ4v) is 2.81. The van der Waals surface area contributed by atoms with E-state index in [1.54, 1.807) is 0 Å². The van der Waals surface area contributed by atoms with Gasteiger partial charge in [0.25, 0.3) is 0 Å². The molecule has 1 aromatic carbocycles. The Bertz CT molecular complexity index is 565. The molecule has 3 heteroatoms. The van der Waals surface area contributed by atoms with Crippen LogP contribution in [-0.2, 0) is 0 Å². The second-order valence-corrected chi connectivity index (χ2v) is 5.31. The van der Waals surface area contributed by atoms with Crippen LogP contribution in [-0.4, -0.2) is 18.1 Å². The van der Waals surface area contributed by atoms with Crippen molar-refractivity contribution in [1.82, 2.24) is 4.98 Å². The van der Waals surface area contributed by atoms with Crippen molar-refractivity contribution < 1.29 is 0 Å². The monoisotopic (exact) mass is 241 g/mol. The summed E-state index contributed by atoms with van der Waals surface area (Å²) in [6.07, 6.45) is 4.47. The SMILES string of the molecule is CC1CCCN(c2nccc3cc(N)ccc23)C1. The topological polar surface area (TPSA) is 42.2 Å². The van der Waals surface area contributed by atoms with Crippen LogP contribution in [0.4, 0.5) is 11.5 Å². The Labute approximate surface area is 108 Å². The van der Waals surface area contributed by atoms with Crippen molar-refractivity contribution in [2.75, 3.05) is 23.7 Å². The van der Waals surface area contributed by atoms with Gasteiger partial charge in [-0.25, -0.2) is 4.98 Å². The minimum absolute atomic E-state index is 0.754. The van der Waals surface area contributed by atoms with Gasteiger partial charge in [-0.15, -0.1) is 0 Å². The van der Waals surface area contributed by atoms with Crippen LogP contribution in [0.2, 0.25) is 0 Å². The van der Waals surface area contributed by atoms with Gasteiger partial charge in [0.05, 0.1) is 0 Å². The number of rotatable bonds is 1. The van der Waals surface area contributed by atoms with Crippen molar-refractivity contribution in [2.45, 2.75) is 19.8 Å². The number of anilines is 2. The molecule has 2 heterocycles. The van der Waals surface area contributed by atoms with E-state index in [1.165, 1.54) is 23.6 Å². The highest BCUT2D eigenvalue weighted by Gasteiger charge is 2.19. The third kappa shape index (κ3) is 2.01. The van der Waals surface area contributed by atoms with E-state index in [0.717, 1.165) is 30.5 Å². The maximum atomic E-state index is 5.84. The van der Waals surface area contributed by atoms with E-state index in [1.807, 2.05) is 24.4 Å². The molecule has 0 aliphatic carbocycles. The zero-order valence-corrected chi connectivity index (χ0v) is 10.8. The number of aromatic nitrogens is 1. The van der Waals surface area contributed by atoms with E-state index < -0.39 is 0 Å². The first-order valence-corrected chi connectivity index (χ1v) is 6.63. The Morgan fingerprint density at radius 1 is 1.33 bits per heavy atom. The zero-order valence-electron chi connectivity index (χ0n) is 10.8. The lowest BCUT2D eigenvalue weighted by atomic mass is 10.00. The molecule has 2 aromatic rings. The van der Waals surface area contributed by atoms with Gasteiger partial charge in [0.15, 0.2) is 0 Å². The molecule has 1 saturated heterocycles. The van der Waals surface area contributed by atoms with E-state index in [2.05, 4.69) is 22.9 Å². The number of hydrogen-bond acceptors (Lipinski definition) is 3. The number of fused-ring (bicyclic) bond motifs is 1. The lowest BCUT2D eigenvalue weighted by Gasteiger charge is -2.32. The number of pyridine rings is 1. The average molecular weight is 241 g/mol. The van der Waals surface area contributed by atoms with Crippen molar-refractivity contribution in [3.63, 3.8) is 0 Å². The summed E-state index contributed by atoms with van der Waals surface area (Å²) < 4.78 is 0. The predicted octanol–water partition coefficient (Wildman–Crippen LogP) is 3.05. The molecule has 0 radical (unpaired) electrons. The molecule has 1 atom stereocenters. The summed E-state index contributed by atoms with van der Waals surface area (Å²) in [5, 5.41) is 2.39. The van der Waals surface area contributed by atoms with Crippen LogP contribution < -0.4 is 10.6 Å². The second-order valence-electron chi connectivity index (χ2n) is 5.31. The minimum Gasteiger partial charge on any atom is -0.399 e. The zero-order chi connectivity index (χ0) is 12.5. The van der Waals surface area contributed by atoms with Crippen molar-refractivity contribution in [3.8, 4) is 0 Å². The number of piperidine rings is 1. The summed E-state index contributed by atoms with van der Waals surface area (Å²) in [5.41, 5.74) is 6.65. The van der Waals surface area contributed by atoms with Crippen LogP contribution in [0.3, 0.4) is 0 Å². The molecule has 1 fully saturated rings. The van der Waals surface area contributed by atoms with Crippen molar-refractivity contribution >= 4 is 22.3 Å². The predicted molar refractivity (Wildman–Crippen MR) is 76.8 cm³/mol. The Hall–Kier alpha value is -1.77. The molecule has 0 amide bonds. The Balaban J connectivity index is 2.05. The van der Waals surface area contributed by atoms with Crippen LogP contribution in [0.25, 0.3) is 10.8 Å². The quantitative estimate of drug-likeness (QED) is 0.780. The van der Waals surface area contributed by atoms with Gasteiger partial charge in [-0.3, -0.25) is 0 Å². The number of nitrogens with two attached hydrogens (primary N) is 1. The Morgan fingerprint density at radius 2 is 2.22 bits per heavy atom. The second kappa shape index (κ2) is 4.48. The molecular weight excluding hydrogens is 222 g/mol. The molecule has 1 unspecified atom stereocenters. The van der Waals surface area contributed by atoms with E-state index in [0.29, 0.717) is 0 Å². The molecule has 1 aliphatic heterocycles. The van der Waals surface area contributed by atoms with Crippen LogP contribution in [0, 0.1) is 5.92 Å². The van der Waals surface area contributed by atoms with Crippen LogP contribution in [0.15, 0.2) is 30.5 Å². The van der Waals surface area contributed by atoms with Crippen LogP contribution >= 0.6 is 0 Å². The molecule has 3 rings (SSSR count). The largest absolute Gasteiger partial charge is 0.399 e. The van der Waals surface area contributed by atoms with E-state index in [4.69, 9.17) is 5.73 Å². The molecule has 2 N–H and O–H groups in total. The average Bonchev–Trinajstić information content (AvgIpc) is 2.37. The summed E-state index contributed by atoms with van der Waals surface area (Å²) in [6.45, 7) is 4.53. The van der Waals surface area contributed by atoms with Gasteiger partial charge in [-0.05, 0) is 48.4 Å². The molecule has 1 aromatic heterocycles. The summed E-state index contributed by atoms with van der Waals surface area (Å²) >= 11 is 0. The third-order valence-corrected chi connectivity index (χ3v) is 3.72. The summed E-state index contributed by atoms with van der Waals surface area (Å²) in [7, 11) is 0. The van der Waals surface area contributed by atoms with Crippen molar-refractivity contribution in [2.24, 2.45) is 5.92 Å². The van der Waals surface area contributed by atoms with E-state index in [-0.39, 0.29) is 0 Å². The van der Waals surface area contributed by atoms with Crippen LogP contribution in [0.1, 0.15) is 19.8 Å². The number of nitrogen functional groups attached to an aromatic ring is 1. The smallest absolute Gasteiger partial charge is 0.136 e. The first-order valence-electron chi connectivity index (χ1n) is 6.63. The van der Waals surface area contributed by atoms with Crippen LogP contribution in [0.5, 0.6) is 0 Å². The fraction of sp³-hybridized carbons (Fsp3) is 0.400. The lowest BCUT2D eigenvalue weighted by molar-refractivity contribution is 0.445. The van der Waals surface area contributed by atoms with Gasteiger partial charge in [0, 0.05) is 30.4 Å². The Kier molecular flexibility index (Phi) is 2.82. The van der Waals surface area contributed by atoms with Crippen molar-refractivity contribution in [3.05, 3.63) is 30.5 Å². The number of hydrogen-bond donors (Lipinski definition) is 1. The fourth-order valence-electron chi connectivity index (χ4n) is 2.81. The van der Waals surface area contributed by atoms with Crippen molar-refractivity contribution in [1.29, 1.82) is 0 Å². The summed E-state index contributed by atoms with van der Waals surface area (Å²) in [6, 6.07) is 8.10. The molecule has 18 heavy (non-hydrogen) atoms.